The van der Waals surface area contributed by atoms with Gasteiger partial charge < -0.3 is 0 Å². The Morgan fingerprint density at radius 1 is 1.17 bits per heavy atom. The van der Waals surface area contributed by atoms with E-state index in [1.807, 2.05) is 30.3 Å². The minimum atomic E-state index is -3.68. The zero-order chi connectivity index (χ0) is 16.8. The van der Waals surface area contributed by atoms with E-state index in [-0.39, 0.29) is 4.90 Å². The highest BCUT2D eigenvalue weighted by molar-refractivity contribution is 9.10. The number of anilines is 1. The van der Waals surface area contributed by atoms with E-state index >= 15 is 0 Å². The second kappa shape index (κ2) is 5.65. The van der Waals surface area contributed by atoms with Crippen LogP contribution in [0.25, 0.3) is 10.8 Å². The van der Waals surface area contributed by atoms with Crippen molar-refractivity contribution >= 4 is 42.4 Å². The first-order valence-corrected chi connectivity index (χ1v) is 9.28. The Balaban J connectivity index is 2.04. The van der Waals surface area contributed by atoms with Gasteiger partial charge in [0.2, 0.25) is 0 Å². The van der Waals surface area contributed by atoms with Crippen LogP contribution in [0.3, 0.4) is 0 Å². The van der Waals surface area contributed by atoms with Crippen molar-refractivity contribution < 1.29 is 8.42 Å². The molecule has 0 aliphatic carbocycles. The molecular formula is C16H16BrN3O2S. The van der Waals surface area contributed by atoms with Crippen molar-refractivity contribution in [2.45, 2.75) is 18.7 Å². The molecule has 0 aliphatic heterocycles. The fourth-order valence-electron chi connectivity index (χ4n) is 2.66. The van der Waals surface area contributed by atoms with Gasteiger partial charge in [0, 0.05) is 17.2 Å². The highest BCUT2D eigenvalue weighted by atomic mass is 79.9. The molecule has 0 aliphatic rings. The van der Waals surface area contributed by atoms with Gasteiger partial charge in [0.1, 0.15) is 4.90 Å². The van der Waals surface area contributed by atoms with Crippen molar-refractivity contribution in [3.8, 4) is 0 Å². The average Bonchev–Trinajstić information content (AvgIpc) is 2.72. The smallest absolute Gasteiger partial charge is 0.265 e. The quantitative estimate of drug-likeness (QED) is 0.736. The van der Waals surface area contributed by atoms with Crippen LogP contribution in [0.2, 0.25) is 0 Å². The number of rotatable bonds is 3. The van der Waals surface area contributed by atoms with Gasteiger partial charge in [-0.05, 0) is 42.8 Å². The Morgan fingerprint density at radius 3 is 2.57 bits per heavy atom. The van der Waals surface area contributed by atoms with Crippen LogP contribution in [0.15, 0.2) is 45.8 Å². The first-order chi connectivity index (χ1) is 10.8. The summed E-state index contributed by atoms with van der Waals surface area (Å²) in [6.07, 6.45) is 0. The van der Waals surface area contributed by atoms with Crippen molar-refractivity contribution in [1.29, 1.82) is 0 Å². The number of aromatic nitrogens is 2. The molecule has 0 bridgehead atoms. The molecule has 1 aromatic heterocycles. The largest absolute Gasteiger partial charge is 0.279 e. The summed E-state index contributed by atoms with van der Waals surface area (Å²) < 4.78 is 30.6. The van der Waals surface area contributed by atoms with Crippen LogP contribution in [0.5, 0.6) is 0 Å². The van der Waals surface area contributed by atoms with E-state index in [2.05, 4.69) is 25.8 Å². The molecule has 7 heteroatoms. The molecule has 0 atom stereocenters. The van der Waals surface area contributed by atoms with E-state index in [1.54, 1.807) is 31.6 Å². The van der Waals surface area contributed by atoms with Crippen molar-refractivity contribution in [3.63, 3.8) is 0 Å². The number of nitrogens with one attached hydrogen (secondary N) is 1. The summed E-state index contributed by atoms with van der Waals surface area (Å²) in [6, 6.07) is 11.3. The molecular weight excluding hydrogens is 378 g/mol. The van der Waals surface area contributed by atoms with Crippen LogP contribution in [0.1, 0.15) is 11.4 Å². The number of halogens is 1. The Bertz CT molecular complexity index is 1010. The van der Waals surface area contributed by atoms with Crippen LogP contribution in [0.4, 0.5) is 5.69 Å². The number of sulfonamides is 1. The molecule has 0 spiro atoms. The van der Waals surface area contributed by atoms with E-state index in [1.165, 1.54) is 0 Å². The van der Waals surface area contributed by atoms with Crippen LogP contribution in [-0.4, -0.2) is 18.2 Å². The SMILES string of the molecule is Cc1nn(C)c(C)c1S(=O)(=O)Nc1ccc2c(Br)cccc2c1. The Hall–Kier alpha value is -1.86. The number of benzene rings is 2. The van der Waals surface area contributed by atoms with Gasteiger partial charge >= 0.3 is 0 Å². The van der Waals surface area contributed by atoms with Crippen molar-refractivity contribution in [2.75, 3.05) is 4.72 Å². The van der Waals surface area contributed by atoms with Crippen LogP contribution < -0.4 is 4.72 Å². The normalized spacial score (nSPS) is 11.8. The maximum Gasteiger partial charge on any atom is 0.265 e. The summed E-state index contributed by atoms with van der Waals surface area (Å²) in [6.45, 7) is 3.44. The molecule has 0 radical (unpaired) electrons. The number of aryl methyl sites for hydroxylation is 2. The Kier molecular flexibility index (Phi) is 3.93. The lowest BCUT2D eigenvalue weighted by Gasteiger charge is -2.10. The van der Waals surface area contributed by atoms with Gasteiger partial charge in [-0.25, -0.2) is 8.42 Å². The highest BCUT2D eigenvalue weighted by Crippen LogP contribution is 2.28. The van der Waals surface area contributed by atoms with Gasteiger partial charge in [-0.3, -0.25) is 9.40 Å². The molecule has 3 rings (SSSR count). The predicted octanol–water partition coefficient (Wildman–Crippen LogP) is 3.75. The molecule has 120 valence electrons. The zero-order valence-corrected chi connectivity index (χ0v) is 15.4. The van der Waals surface area contributed by atoms with Crippen LogP contribution in [0, 0.1) is 13.8 Å². The highest BCUT2D eigenvalue weighted by Gasteiger charge is 2.23. The summed E-state index contributed by atoms with van der Waals surface area (Å²) in [5.74, 6) is 0. The molecule has 0 fully saturated rings. The summed E-state index contributed by atoms with van der Waals surface area (Å²) in [5, 5.41) is 6.16. The van der Waals surface area contributed by atoms with E-state index in [0.717, 1.165) is 15.2 Å². The maximum absolute atomic E-state index is 12.7. The number of hydrogen-bond acceptors (Lipinski definition) is 3. The van der Waals surface area contributed by atoms with Gasteiger partial charge in [-0.1, -0.05) is 34.1 Å². The molecule has 23 heavy (non-hydrogen) atoms. The van der Waals surface area contributed by atoms with E-state index < -0.39 is 10.0 Å². The molecule has 0 unspecified atom stereocenters. The zero-order valence-electron chi connectivity index (χ0n) is 13.0. The lowest BCUT2D eigenvalue weighted by atomic mass is 10.1. The number of hydrogen-bond donors (Lipinski definition) is 1. The monoisotopic (exact) mass is 393 g/mol. The van der Waals surface area contributed by atoms with Gasteiger partial charge in [-0.2, -0.15) is 5.10 Å². The minimum Gasteiger partial charge on any atom is -0.279 e. The molecule has 0 saturated carbocycles. The second-order valence-electron chi connectivity index (χ2n) is 5.40. The second-order valence-corrected chi connectivity index (χ2v) is 7.88. The predicted molar refractivity (Wildman–Crippen MR) is 95.1 cm³/mol. The van der Waals surface area contributed by atoms with E-state index in [9.17, 15) is 8.42 Å². The lowest BCUT2D eigenvalue weighted by Crippen LogP contribution is -2.14. The van der Waals surface area contributed by atoms with Crippen molar-refractivity contribution in [3.05, 3.63) is 52.3 Å². The maximum atomic E-state index is 12.7. The third kappa shape index (κ3) is 2.86. The molecule has 5 nitrogen and oxygen atoms in total. The van der Waals surface area contributed by atoms with Crippen LogP contribution >= 0.6 is 15.9 Å². The average molecular weight is 394 g/mol. The third-order valence-corrected chi connectivity index (χ3v) is 6.11. The topological polar surface area (TPSA) is 64.0 Å². The van der Waals surface area contributed by atoms with Crippen molar-refractivity contribution in [2.24, 2.45) is 7.05 Å². The Morgan fingerprint density at radius 2 is 1.91 bits per heavy atom. The van der Waals surface area contributed by atoms with Crippen molar-refractivity contribution in [1.82, 2.24) is 9.78 Å². The first kappa shape index (κ1) is 16.0. The minimum absolute atomic E-state index is 0.231. The van der Waals surface area contributed by atoms with Gasteiger partial charge in [0.15, 0.2) is 0 Å². The molecule has 0 amide bonds. The summed E-state index contributed by atoms with van der Waals surface area (Å²) in [4.78, 5) is 0.231. The summed E-state index contributed by atoms with van der Waals surface area (Å²) >= 11 is 3.49. The van der Waals surface area contributed by atoms with E-state index in [4.69, 9.17) is 0 Å². The number of nitrogens with zero attached hydrogens (tertiary/aromatic N) is 2. The standard InChI is InChI=1S/C16H16BrN3O2S/c1-10-16(11(2)20(3)18-10)23(21,22)19-13-7-8-14-12(9-13)5-4-6-15(14)17/h4-9,19H,1-3H3. The molecule has 1 heterocycles. The fraction of sp³-hybridized carbons (Fsp3) is 0.188. The van der Waals surface area contributed by atoms with E-state index in [0.29, 0.717) is 17.1 Å². The van der Waals surface area contributed by atoms with Gasteiger partial charge in [0.25, 0.3) is 10.0 Å². The molecule has 1 N–H and O–H groups in total. The van der Waals surface area contributed by atoms with Gasteiger partial charge in [0.05, 0.1) is 11.4 Å². The molecule has 2 aromatic carbocycles. The summed E-state index contributed by atoms with van der Waals surface area (Å²) in [7, 11) is -1.95. The summed E-state index contributed by atoms with van der Waals surface area (Å²) in [5.41, 5.74) is 1.62. The van der Waals surface area contributed by atoms with Gasteiger partial charge in [-0.15, -0.1) is 0 Å². The van der Waals surface area contributed by atoms with Crippen LogP contribution in [-0.2, 0) is 17.1 Å². The molecule has 3 aromatic rings. The Labute approximate surface area is 143 Å². The fourth-order valence-corrected chi connectivity index (χ4v) is 4.66. The lowest BCUT2D eigenvalue weighted by molar-refractivity contribution is 0.599. The first-order valence-electron chi connectivity index (χ1n) is 7.01. The molecule has 0 saturated heterocycles. The number of fused-ring (bicyclic) bond motifs is 1. The third-order valence-electron chi connectivity index (χ3n) is 3.79.